The minimum absolute atomic E-state index is 0.0548. The van der Waals surface area contributed by atoms with Gasteiger partial charge in [0, 0.05) is 0 Å². The number of hydrogen-bond acceptors (Lipinski definition) is 1. The van der Waals surface area contributed by atoms with Crippen molar-refractivity contribution >= 4 is 69.6 Å². The van der Waals surface area contributed by atoms with Crippen molar-refractivity contribution in [1.82, 2.24) is 4.57 Å². The van der Waals surface area contributed by atoms with Gasteiger partial charge in [0.2, 0.25) is 0 Å². The van der Waals surface area contributed by atoms with Crippen LogP contribution < -0.4 is 25.3 Å². The fourth-order valence-corrected chi connectivity index (χ4v) is 9.83. The van der Waals surface area contributed by atoms with Crippen LogP contribution in [0.1, 0.15) is 29.6 Å². The average molecular weight is 522 g/mol. The molecule has 1 nitrogen and oxygen atoms in total. The fraction of sp³-hybridized carbons (Fsp3) is 0.133. The molecule has 0 N–H and O–H groups in total. The third-order valence-corrected chi connectivity index (χ3v) is 11.1. The van der Waals surface area contributed by atoms with Crippen LogP contribution in [0.4, 0.5) is 0 Å². The predicted octanol–water partition coefficient (Wildman–Crippen LogP) is 3.46. The first-order chi connectivity index (χ1) is 18.5. The van der Waals surface area contributed by atoms with Gasteiger partial charge in [0.1, 0.15) is 0 Å². The van der Waals surface area contributed by atoms with Crippen LogP contribution >= 0.6 is 11.8 Å². The number of nitrogens with zero attached hydrogens (tertiary/aromatic N) is 1. The molecule has 5 aromatic rings. The molecule has 0 amide bonds. The number of aromatic nitrogens is 1. The molecule has 1 aromatic heterocycles. The number of aryl methyl sites for hydroxylation is 1. The minimum atomic E-state index is -0.159. The Hall–Kier alpha value is -2.65. The van der Waals surface area contributed by atoms with Crippen LogP contribution in [0.3, 0.4) is 0 Å². The van der Waals surface area contributed by atoms with Gasteiger partial charge in [0.25, 0.3) is 0 Å². The Bertz CT molecular complexity index is 1850. The van der Waals surface area contributed by atoms with Crippen LogP contribution in [0.25, 0.3) is 16.6 Å². The molecule has 4 heteroatoms. The molecule has 4 aromatic carbocycles. The van der Waals surface area contributed by atoms with Gasteiger partial charge in [0.15, 0.2) is 0 Å². The Morgan fingerprint density at radius 3 is 2.74 bits per heavy atom. The first kappa shape index (κ1) is 16.1. The summed E-state index contributed by atoms with van der Waals surface area (Å²) in [5, 5.41) is 0.703. The van der Waals surface area contributed by atoms with E-state index in [0.717, 1.165) is 42.6 Å². The van der Waals surface area contributed by atoms with E-state index in [-0.39, 0.29) is 30.9 Å². The monoisotopic (exact) mass is 523 g/mol. The zero-order chi connectivity index (χ0) is 25.7. The summed E-state index contributed by atoms with van der Waals surface area (Å²) in [5.41, 5.74) is 8.07. The van der Waals surface area contributed by atoms with E-state index < -0.39 is 0 Å². The number of benzene rings is 4. The van der Waals surface area contributed by atoms with Crippen molar-refractivity contribution in [2.24, 2.45) is 0 Å². The standard InChI is InChI=1S/C30H22BNSSe/c1-4-11-24-20(8-1)21-9-2-5-12-25(21)32(24)19-16-17-22-27(18-19)33-26-13-7-15-29-30(26)31(22)23-10-3-6-14-28(23)34-29/h1,3-4,6-8,10-11,13-18H,2,5,9,12H2/i1D,4D,8D,11D. The summed E-state index contributed by atoms with van der Waals surface area (Å²) in [5.74, 6) is 0. The van der Waals surface area contributed by atoms with Crippen LogP contribution in [0.15, 0.2) is 94.6 Å². The zero-order valence-corrected chi connectivity index (χ0v) is 21.0. The summed E-state index contributed by atoms with van der Waals surface area (Å²) in [4.78, 5) is 2.56. The molecule has 3 aliphatic rings. The third-order valence-electron chi connectivity index (χ3n) is 7.45. The van der Waals surface area contributed by atoms with E-state index in [0.29, 0.717) is 25.9 Å². The van der Waals surface area contributed by atoms with Crippen LogP contribution in [0.5, 0.6) is 0 Å². The Morgan fingerprint density at radius 2 is 1.74 bits per heavy atom. The zero-order valence-electron chi connectivity index (χ0n) is 22.4. The third kappa shape index (κ3) is 2.71. The van der Waals surface area contributed by atoms with E-state index in [1.54, 1.807) is 0 Å². The molecule has 0 spiro atoms. The van der Waals surface area contributed by atoms with Crippen molar-refractivity contribution in [3.63, 3.8) is 0 Å². The van der Waals surface area contributed by atoms with E-state index >= 15 is 0 Å². The molecule has 34 heavy (non-hydrogen) atoms. The maximum atomic E-state index is 8.84. The summed E-state index contributed by atoms with van der Waals surface area (Å²) in [7, 11) is 0. The second-order valence-corrected chi connectivity index (χ2v) is 12.6. The van der Waals surface area contributed by atoms with Gasteiger partial charge in [-0.2, -0.15) is 0 Å². The second-order valence-electron chi connectivity index (χ2n) is 9.26. The van der Waals surface area contributed by atoms with Crippen molar-refractivity contribution in [1.29, 1.82) is 0 Å². The number of rotatable bonds is 1. The van der Waals surface area contributed by atoms with Gasteiger partial charge in [-0.3, -0.25) is 0 Å². The summed E-state index contributed by atoms with van der Waals surface area (Å²) in [6.45, 7) is 0.228. The molecule has 0 bridgehead atoms. The van der Waals surface area contributed by atoms with Gasteiger partial charge in [-0.25, -0.2) is 0 Å². The Kier molecular flexibility index (Phi) is 3.52. The molecular weight excluding hydrogens is 496 g/mol. The first-order valence-electron chi connectivity index (χ1n) is 13.9. The molecule has 1 aliphatic carbocycles. The average Bonchev–Trinajstić information content (AvgIpc) is 3.30. The number of para-hydroxylation sites is 1. The molecule has 0 unspecified atom stereocenters. The second kappa shape index (κ2) is 7.42. The van der Waals surface area contributed by atoms with Crippen molar-refractivity contribution < 1.29 is 5.48 Å². The molecule has 0 radical (unpaired) electrons. The van der Waals surface area contributed by atoms with Crippen molar-refractivity contribution in [2.75, 3.05) is 0 Å². The normalized spacial score (nSPS) is 17.1. The molecule has 3 heterocycles. The Labute approximate surface area is 216 Å². The molecule has 2 aliphatic heterocycles. The quantitative estimate of drug-likeness (QED) is 0.299. The van der Waals surface area contributed by atoms with Gasteiger partial charge < -0.3 is 0 Å². The van der Waals surface area contributed by atoms with Gasteiger partial charge in [-0.05, 0) is 0 Å². The summed E-state index contributed by atoms with van der Waals surface area (Å²) >= 11 is 2.15. The number of fused-ring (bicyclic) bond motifs is 7. The topological polar surface area (TPSA) is 4.93 Å². The summed E-state index contributed by atoms with van der Waals surface area (Å²) in [6.07, 6.45) is 3.87. The van der Waals surface area contributed by atoms with Crippen LogP contribution in [0, 0.1) is 0 Å². The summed E-state index contributed by atoms with van der Waals surface area (Å²) in [6, 6.07) is 22.2. The van der Waals surface area contributed by atoms with Crippen molar-refractivity contribution in [3.8, 4) is 5.69 Å². The van der Waals surface area contributed by atoms with E-state index in [9.17, 15) is 0 Å². The molecule has 0 saturated heterocycles. The molecule has 0 saturated carbocycles. The first-order valence-corrected chi connectivity index (χ1v) is 14.4. The van der Waals surface area contributed by atoms with E-state index in [1.165, 1.54) is 35.1 Å². The van der Waals surface area contributed by atoms with Gasteiger partial charge in [0.05, 0.1) is 1.37 Å². The molecule has 0 atom stereocenters. The van der Waals surface area contributed by atoms with Gasteiger partial charge >= 0.3 is 216 Å². The molecule has 0 fully saturated rings. The van der Waals surface area contributed by atoms with Gasteiger partial charge in [-0.1, -0.05) is 0 Å². The summed E-state index contributed by atoms with van der Waals surface area (Å²) < 4.78 is 39.3. The Balaban J connectivity index is 1.39. The van der Waals surface area contributed by atoms with Crippen LogP contribution in [0.2, 0.25) is 0 Å². The molecule has 8 rings (SSSR count). The fourth-order valence-electron chi connectivity index (χ4n) is 6.02. The predicted molar refractivity (Wildman–Crippen MR) is 147 cm³/mol. The van der Waals surface area contributed by atoms with E-state index in [1.807, 2.05) is 11.8 Å². The van der Waals surface area contributed by atoms with E-state index in [4.69, 9.17) is 5.48 Å². The van der Waals surface area contributed by atoms with Crippen LogP contribution in [-0.4, -0.2) is 26.2 Å². The number of hydrogen-bond donors (Lipinski definition) is 0. The maximum absolute atomic E-state index is 8.84. The SMILES string of the molecule is [2H]c1c([2H])c([2H])c2c(c1[2H])c1c(n2-c2ccc3c(c2)Sc2cccc4c2B3c2ccccc2[Se]4)CCCC1. The van der Waals surface area contributed by atoms with Crippen molar-refractivity contribution in [2.45, 2.75) is 35.5 Å². The molecule has 162 valence electrons. The van der Waals surface area contributed by atoms with Crippen LogP contribution in [-0.2, 0) is 12.8 Å². The van der Waals surface area contributed by atoms with Crippen molar-refractivity contribution in [3.05, 3.63) is 96.1 Å². The molecular formula is C30H22BNSSe. The van der Waals surface area contributed by atoms with Gasteiger partial charge in [-0.15, -0.1) is 0 Å². The Morgan fingerprint density at radius 1 is 0.853 bits per heavy atom. The van der Waals surface area contributed by atoms with E-state index in [2.05, 4.69) is 65.2 Å².